The van der Waals surface area contributed by atoms with Crippen LogP contribution in [0.4, 0.5) is 5.13 Å². The Morgan fingerprint density at radius 1 is 0.821 bits per heavy atom. The number of aromatic nitrogens is 1. The van der Waals surface area contributed by atoms with Crippen LogP contribution in [-0.4, -0.2) is 77.5 Å². The maximum atomic E-state index is 12.0. The second-order valence-corrected chi connectivity index (χ2v) is 9.51. The predicted octanol–water partition coefficient (Wildman–Crippen LogP) is 1.87. The molecule has 13 nitrogen and oxygen atoms in total. The molecule has 2 aromatic rings. The Kier molecular flexibility index (Phi) is 12.0. The molecular weight excluding hydrogens is 554 g/mol. The fourth-order valence-electron chi connectivity index (χ4n) is 3.40. The third-order valence-corrected chi connectivity index (χ3v) is 5.92. The van der Waals surface area contributed by atoms with E-state index in [2.05, 4.69) is 15.6 Å². The highest BCUT2D eigenvalue weighted by Crippen LogP contribution is 2.25. The largest absolute Gasteiger partial charge is 0.462 e. The molecule has 0 amide bonds. The van der Waals surface area contributed by atoms with Gasteiger partial charge in [-0.15, -0.1) is 0 Å². The van der Waals surface area contributed by atoms with Crippen molar-refractivity contribution in [1.29, 1.82) is 0 Å². The van der Waals surface area contributed by atoms with Gasteiger partial charge in [0.2, 0.25) is 0 Å². The predicted molar refractivity (Wildman–Crippen MR) is 143 cm³/mol. The van der Waals surface area contributed by atoms with E-state index in [4.69, 9.17) is 35.9 Å². The number of anilines is 1. The van der Waals surface area contributed by atoms with Gasteiger partial charge in [-0.1, -0.05) is 23.5 Å². The molecule has 0 aliphatic carbocycles. The molecule has 1 aromatic carbocycles. The lowest BCUT2D eigenvalue weighted by Crippen LogP contribution is -2.55. The van der Waals surface area contributed by atoms with Crippen LogP contribution in [-0.2, 0) is 47.7 Å². The molecule has 0 radical (unpaired) electrons. The number of rotatable bonds is 12. The van der Waals surface area contributed by atoms with E-state index in [9.17, 15) is 24.0 Å². The summed E-state index contributed by atoms with van der Waals surface area (Å²) in [6, 6.07) is 7.48. The van der Waals surface area contributed by atoms with Crippen LogP contribution in [0.25, 0.3) is 10.2 Å². The molecule has 39 heavy (non-hydrogen) atoms. The number of carbonyl (C=O) groups excluding carboxylic acids is 5. The number of para-hydroxylation sites is 1. The van der Waals surface area contributed by atoms with Gasteiger partial charge in [0, 0.05) is 34.6 Å². The molecule has 0 spiro atoms. The Morgan fingerprint density at radius 3 is 1.90 bits per heavy atom. The van der Waals surface area contributed by atoms with Crippen LogP contribution in [0.5, 0.6) is 0 Å². The van der Waals surface area contributed by atoms with Crippen LogP contribution in [0.2, 0.25) is 0 Å². The molecule has 0 saturated carbocycles. The molecule has 15 heteroatoms. The fraction of sp³-hybridized carbons (Fsp3) is 0.458. The van der Waals surface area contributed by atoms with Crippen molar-refractivity contribution in [2.45, 2.75) is 59.0 Å². The molecule has 0 bridgehead atoms. The minimum absolute atomic E-state index is 0.105. The molecule has 1 aromatic heterocycles. The number of ether oxygens (including phenoxy) is 5. The molecule has 212 valence electrons. The van der Waals surface area contributed by atoms with Crippen LogP contribution in [0.1, 0.15) is 34.6 Å². The lowest BCUT2D eigenvalue weighted by molar-refractivity contribution is -0.202. The number of nitrogens with one attached hydrogen (secondary N) is 2. The molecule has 0 unspecified atom stereocenters. The Bertz CT molecular complexity index is 1180. The third-order valence-electron chi connectivity index (χ3n) is 4.72. The number of thiocarbonyl (C=S) groups is 1. The summed E-state index contributed by atoms with van der Waals surface area (Å²) >= 11 is 6.71. The van der Waals surface area contributed by atoms with Crippen molar-refractivity contribution in [1.82, 2.24) is 10.3 Å². The minimum atomic E-state index is -1.54. The van der Waals surface area contributed by atoms with E-state index in [1.165, 1.54) is 11.3 Å². The van der Waals surface area contributed by atoms with E-state index in [1.807, 2.05) is 24.3 Å². The lowest BCUT2D eigenvalue weighted by Gasteiger charge is -2.35. The molecule has 0 fully saturated rings. The number of benzene rings is 1. The Balaban J connectivity index is 2.32. The number of hydrogen-bond acceptors (Lipinski definition) is 13. The van der Waals surface area contributed by atoms with Gasteiger partial charge in [0.25, 0.3) is 0 Å². The number of esters is 5. The zero-order chi connectivity index (χ0) is 29.1. The second kappa shape index (κ2) is 14.9. The molecule has 2 N–H and O–H groups in total. The van der Waals surface area contributed by atoms with E-state index in [-0.39, 0.29) is 11.7 Å². The Labute approximate surface area is 233 Å². The highest BCUT2D eigenvalue weighted by atomic mass is 32.1. The summed E-state index contributed by atoms with van der Waals surface area (Å²) in [5, 5.41) is 6.40. The van der Waals surface area contributed by atoms with Gasteiger partial charge >= 0.3 is 29.8 Å². The molecule has 4 atom stereocenters. The van der Waals surface area contributed by atoms with Crippen molar-refractivity contribution in [3.8, 4) is 0 Å². The molecule has 2 rings (SSSR count). The van der Waals surface area contributed by atoms with E-state index >= 15 is 0 Å². The summed E-state index contributed by atoms with van der Waals surface area (Å²) in [5.74, 6) is -3.91. The van der Waals surface area contributed by atoms with Gasteiger partial charge in [-0.25, -0.2) is 4.98 Å². The number of thiazole rings is 1. The van der Waals surface area contributed by atoms with Crippen molar-refractivity contribution in [3.05, 3.63) is 24.3 Å². The third kappa shape index (κ3) is 10.8. The standard InChI is InChI=1S/C24H29N3O10S2/c1-12(28)33-11-19(35-14(3)30)22(37-16(5)32)21(36-15(4)31)18(34-13(2)29)10-25-23(38)27-24-26-17-8-6-7-9-20(17)39-24/h6-9,18-19,21-22H,10-11H2,1-5H3,(H2,25,26,27,38)/t18-,19+,21+,22+/m0/s1. The lowest BCUT2D eigenvalue weighted by atomic mass is 10.0. The van der Waals surface area contributed by atoms with Gasteiger partial charge < -0.3 is 34.3 Å². The van der Waals surface area contributed by atoms with Crippen molar-refractivity contribution in [2.24, 2.45) is 0 Å². The average Bonchev–Trinajstić information content (AvgIpc) is 3.23. The van der Waals surface area contributed by atoms with Crippen molar-refractivity contribution in [2.75, 3.05) is 18.5 Å². The normalized spacial score (nSPS) is 13.7. The smallest absolute Gasteiger partial charge is 0.303 e. The highest BCUT2D eigenvalue weighted by Gasteiger charge is 2.44. The summed E-state index contributed by atoms with van der Waals surface area (Å²) in [5.41, 5.74) is 0.772. The number of nitrogens with zero attached hydrogens (tertiary/aromatic N) is 1. The summed E-state index contributed by atoms with van der Waals surface area (Å²) in [6.45, 7) is 4.73. The summed E-state index contributed by atoms with van der Waals surface area (Å²) in [6.07, 6.45) is -5.76. The summed E-state index contributed by atoms with van der Waals surface area (Å²) in [4.78, 5) is 63.7. The molecule has 0 saturated heterocycles. The van der Waals surface area contributed by atoms with Crippen LogP contribution in [0, 0.1) is 0 Å². The van der Waals surface area contributed by atoms with Gasteiger partial charge in [0.15, 0.2) is 34.7 Å². The summed E-state index contributed by atoms with van der Waals surface area (Å²) in [7, 11) is 0. The van der Waals surface area contributed by atoms with Crippen LogP contribution in [0.15, 0.2) is 24.3 Å². The highest BCUT2D eigenvalue weighted by molar-refractivity contribution is 7.80. The van der Waals surface area contributed by atoms with E-state index in [1.54, 1.807) is 0 Å². The molecule has 0 aliphatic rings. The zero-order valence-corrected chi connectivity index (χ0v) is 23.5. The van der Waals surface area contributed by atoms with Gasteiger partial charge in [-0.3, -0.25) is 24.0 Å². The van der Waals surface area contributed by atoms with Gasteiger partial charge in [0.1, 0.15) is 6.61 Å². The van der Waals surface area contributed by atoms with E-state index in [0.717, 1.165) is 44.8 Å². The monoisotopic (exact) mass is 583 g/mol. The first-order chi connectivity index (χ1) is 18.3. The quantitative estimate of drug-likeness (QED) is 0.211. The van der Waals surface area contributed by atoms with Crippen molar-refractivity contribution >= 4 is 73.9 Å². The topological polar surface area (TPSA) is 168 Å². The van der Waals surface area contributed by atoms with E-state index < -0.39 is 60.9 Å². The SMILES string of the molecule is CC(=O)OC[C@@H](OC(C)=O)[C@@H](OC(C)=O)[C@H](OC(C)=O)[C@H](CNC(=S)Nc1nc2ccccc2s1)OC(C)=O. The number of hydrogen-bond donors (Lipinski definition) is 2. The van der Waals surface area contributed by atoms with Gasteiger partial charge in [-0.2, -0.15) is 0 Å². The van der Waals surface area contributed by atoms with E-state index in [0.29, 0.717) is 5.13 Å². The van der Waals surface area contributed by atoms with Crippen molar-refractivity contribution in [3.63, 3.8) is 0 Å². The zero-order valence-electron chi connectivity index (χ0n) is 21.9. The maximum absolute atomic E-state index is 12.0. The first-order valence-electron chi connectivity index (χ1n) is 11.6. The first-order valence-corrected chi connectivity index (χ1v) is 12.8. The fourth-order valence-corrected chi connectivity index (χ4v) is 4.51. The Morgan fingerprint density at radius 2 is 1.36 bits per heavy atom. The van der Waals surface area contributed by atoms with Crippen molar-refractivity contribution < 1.29 is 47.7 Å². The molecule has 0 aliphatic heterocycles. The number of fused-ring (bicyclic) bond motifs is 1. The first kappa shape index (κ1) is 31.4. The van der Waals surface area contributed by atoms with Crippen LogP contribution < -0.4 is 10.6 Å². The van der Waals surface area contributed by atoms with Crippen LogP contribution >= 0.6 is 23.6 Å². The van der Waals surface area contributed by atoms with Gasteiger partial charge in [-0.05, 0) is 24.4 Å². The number of carbonyl (C=O) groups is 5. The summed E-state index contributed by atoms with van der Waals surface area (Å²) < 4.78 is 27.3. The molecular formula is C24H29N3O10S2. The minimum Gasteiger partial charge on any atom is -0.462 e. The molecule has 1 heterocycles. The second-order valence-electron chi connectivity index (χ2n) is 8.07. The average molecular weight is 584 g/mol. The maximum Gasteiger partial charge on any atom is 0.303 e. The Hall–Kier alpha value is -3.85. The van der Waals surface area contributed by atoms with Gasteiger partial charge in [0.05, 0.1) is 16.8 Å². The van der Waals surface area contributed by atoms with Crippen LogP contribution in [0.3, 0.4) is 0 Å².